The fraction of sp³-hybridized carbons (Fsp3) is 0.467. The number of nitro benzene ring substituents is 2. The summed E-state index contributed by atoms with van der Waals surface area (Å²) in [4.78, 5) is 45.7. The number of likely N-dealkylation sites (tertiary alicyclic amines) is 1. The lowest BCUT2D eigenvalue weighted by Gasteiger charge is -2.22. The van der Waals surface area contributed by atoms with Gasteiger partial charge in [-0.2, -0.15) is 0 Å². The molecule has 1 fully saturated rings. The molecular formula is C15H18N4O7. The van der Waals surface area contributed by atoms with Gasteiger partial charge in [-0.3, -0.25) is 25.0 Å². The Morgan fingerprint density at radius 1 is 1.31 bits per heavy atom. The summed E-state index contributed by atoms with van der Waals surface area (Å²) in [7, 11) is 1.26. The van der Waals surface area contributed by atoms with E-state index in [0.29, 0.717) is 19.4 Å². The number of esters is 1. The first kappa shape index (κ1) is 19.1. The summed E-state index contributed by atoms with van der Waals surface area (Å²) < 4.78 is 4.68. The summed E-state index contributed by atoms with van der Waals surface area (Å²) >= 11 is 0. The second-order valence-corrected chi connectivity index (χ2v) is 5.66. The summed E-state index contributed by atoms with van der Waals surface area (Å²) in [5.41, 5.74) is -0.754. The van der Waals surface area contributed by atoms with Crippen molar-refractivity contribution in [3.63, 3.8) is 0 Å². The molecular weight excluding hydrogens is 348 g/mol. The molecule has 1 aliphatic rings. The molecule has 0 bridgehead atoms. The van der Waals surface area contributed by atoms with Crippen molar-refractivity contribution in [2.75, 3.05) is 25.5 Å². The number of hydrogen-bond acceptors (Lipinski definition) is 8. The Morgan fingerprint density at radius 3 is 2.65 bits per heavy atom. The predicted molar refractivity (Wildman–Crippen MR) is 89.6 cm³/mol. The van der Waals surface area contributed by atoms with Gasteiger partial charge in [0.15, 0.2) is 0 Å². The lowest BCUT2D eigenvalue weighted by Crippen LogP contribution is -2.41. The highest BCUT2D eigenvalue weighted by Crippen LogP contribution is 2.29. The number of nitrogens with one attached hydrogen (secondary N) is 1. The standard InChI is InChI=1S/C15H18N4O7/c1-26-15(21)12-3-2-8-17(12)14(20)6-7-16-11-5-4-10(18(22)23)9-13(11)19(24)25/h4-5,9,12,16H,2-3,6-8H2,1H3/t12-/m0/s1. The first-order valence-electron chi connectivity index (χ1n) is 7.89. The Balaban J connectivity index is 1.99. The van der Waals surface area contributed by atoms with E-state index in [1.54, 1.807) is 0 Å². The van der Waals surface area contributed by atoms with Crippen molar-refractivity contribution in [1.29, 1.82) is 0 Å². The molecule has 1 heterocycles. The second-order valence-electron chi connectivity index (χ2n) is 5.66. The van der Waals surface area contributed by atoms with E-state index in [9.17, 15) is 29.8 Å². The number of anilines is 1. The number of non-ortho nitro benzene ring substituents is 1. The number of methoxy groups -OCH3 is 1. The third-order valence-electron chi connectivity index (χ3n) is 4.09. The van der Waals surface area contributed by atoms with E-state index in [0.717, 1.165) is 12.1 Å². The number of nitrogens with zero attached hydrogens (tertiary/aromatic N) is 3. The molecule has 0 aromatic heterocycles. The minimum atomic E-state index is -0.731. The average molecular weight is 366 g/mol. The van der Waals surface area contributed by atoms with Crippen molar-refractivity contribution < 1.29 is 24.2 Å². The van der Waals surface area contributed by atoms with Crippen molar-refractivity contribution in [1.82, 2.24) is 4.90 Å². The van der Waals surface area contributed by atoms with Crippen molar-refractivity contribution >= 4 is 28.9 Å². The number of amides is 1. The zero-order valence-corrected chi connectivity index (χ0v) is 14.0. The first-order chi connectivity index (χ1) is 12.3. The van der Waals surface area contributed by atoms with Crippen LogP contribution in [0.15, 0.2) is 18.2 Å². The fourth-order valence-electron chi connectivity index (χ4n) is 2.83. The number of carbonyl (C=O) groups is 2. The molecule has 11 nitrogen and oxygen atoms in total. The van der Waals surface area contributed by atoms with Crippen LogP contribution < -0.4 is 5.32 Å². The maximum Gasteiger partial charge on any atom is 0.328 e. The van der Waals surface area contributed by atoms with E-state index < -0.39 is 33.2 Å². The molecule has 0 unspecified atom stereocenters. The molecule has 2 rings (SSSR count). The Labute approximate surface area is 148 Å². The van der Waals surface area contributed by atoms with Crippen molar-refractivity contribution in [2.45, 2.75) is 25.3 Å². The third-order valence-corrected chi connectivity index (χ3v) is 4.09. The zero-order chi connectivity index (χ0) is 19.3. The lowest BCUT2D eigenvalue weighted by atomic mass is 10.2. The maximum atomic E-state index is 12.3. The lowest BCUT2D eigenvalue weighted by molar-refractivity contribution is -0.393. The van der Waals surface area contributed by atoms with Crippen LogP contribution in [0.3, 0.4) is 0 Å². The summed E-state index contributed by atoms with van der Waals surface area (Å²) in [5.74, 6) is -0.732. The molecule has 0 aliphatic carbocycles. The van der Waals surface area contributed by atoms with Crippen molar-refractivity contribution in [3.8, 4) is 0 Å². The van der Waals surface area contributed by atoms with Gasteiger partial charge in [0, 0.05) is 25.6 Å². The van der Waals surface area contributed by atoms with Gasteiger partial charge in [0.2, 0.25) is 5.91 Å². The summed E-state index contributed by atoms with van der Waals surface area (Å²) in [6.07, 6.45) is 1.26. The molecule has 0 saturated carbocycles. The SMILES string of the molecule is COC(=O)[C@@H]1CCCN1C(=O)CCNc1ccc([N+](=O)[O-])cc1[N+](=O)[O-]. The van der Waals surface area contributed by atoms with Gasteiger partial charge in [-0.1, -0.05) is 0 Å². The van der Waals surface area contributed by atoms with Crippen molar-refractivity contribution in [2.24, 2.45) is 0 Å². The van der Waals surface area contributed by atoms with Gasteiger partial charge in [-0.15, -0.1) is 0 Å². The number of benzene rings is 1. The van der Waals surface area contributed by atoms with Gasteiger partial charge in [0.05, 0.1) is 23.0 Å². The molecule has 1 N–H and O–H groups in total. The number of ether oxygens (including phenoxy) is 1. The van der Waals surface area contributed by atoms with Gasteiger partial charge in [-0.05, 0) is 18.9 Å². The van der Waals surface area contributed by atoms with Gasteiger partial charge in [-0.25, -0.2) is 4.79 Å². The smallest absolute Gasteiger partial charge is 0.328 e. The molecule has 0 radical (unpaired) electrons. The van der Waals surface area contributed by atoms with E-state index >= 15 is 0 Å². The zero-order valence-electron chi connectivity index (χ0n) is 14.0. The van der Waals surface area contributed by atoms with Crippen LogP contribution in [0.25, 0.3) is 0 Å². The topological polar surface area (TPSA) is 145 Å². The van der Waals surface area contributed by atoms with Crippen LogP contribution in [-0.4, -0.2) is 52.9 Å². The summed E-state index contributed by atoms with van der Waals surface area (Å²) in [5, 5.41) is 24.5. The summed E-state index contributed by atoms with van der Waals surface area (Å²) in [6.45, 7) is 0.540. The van der Waals surface area contributed by atoms with Crippen LogP contribution in [0, 0.1) is 20.2 Å². The molecule has 140 valence electrons. The molecule has 1 saturated heterocycles. The summed E-state index contributed by atoms with van der Waals surface area (Å²) in [6, 6.07) is 2.64. The number of carbonyl (C=O) groups excluding carboxylic acids is 2. The van der Waals surface area contributed by atoms with Gasteiger partial charge in [0.25, 0.3) is 11.4 Å². The quantitative estimate of drug-likeness (QED) is 0.434. The highest BCUT2D eigenvalue weighted by Gasteiger charge is 2.34. The molecule has 1 atom stereocenters. The van der Waals surface area contributed by atoms with Crippen LogP contribution in [0.1, 0.15) is 19.3 Å². The molecule has 1 aromatic carbocycles. The Bertz CT molecular complexity index is 737. The van der Waals surface area contributed by atoms with Crippen molar-refractivity contribution in [3.05, 3.63) is 38.4 Å². The Morgan fingerprint density at radius 2 is 2.04 bits per heavy atom. The van der Waals surface area contributed by atoms with E-state index in [1.165, 1.54) is 18.1 Å². The average Bonchev–Trinajstić information content (AvgIpc) is 3.10. The van der Waals surface area contributed by atoms with E-state index in [2.05, 4.69) is 10.1 Å². The minimum Gasteiger partial charge on any atom is -0.467 e. The highest BCUT2D eigenvalue weighted by atomic mass is 16.6. The third kappa shape index (κ3) is 4.23. The van der Waals surface area contributed by atoms with Gasteiger partial charge in [0.1, 0.15) is 11.7 Å². The maximum absolute atomic E-state index is 12.3. The second kappa shape index (κ2) is 8.23. The van der Waals surface area contributed by atoms with Crippen LogP contribution in [-0.2, 0) is 14.3 Å². The molecule has 11 heteroatoms. The van der Waals surface area contributed by atoms with Crippen LogP contribution >= 0.6 is 0 Å². The van der Waals surface area contributed by atoms with E-state index in [1.807, 2.05) is 0 Å². The highest BCUT2D eigenvalue weighted by molar-refractivity contribution is 5.85. The molecule has 1 amide bonds. The first-order valence-corrected chi connectivity index (χ1v) is 7.89. The van der Waals surface area contributed by atoms with Crippen LogP contribution in [0.5, 0.6) is 0 Å². The van der Waals surface area contributed by atoms with Gasteiger partial charge >= 0.3 is 5.97 Å². The Hall–Kier alpha value is -3.24. The fourth-order valence-corrected chi connectivity index (χ4v) is 2.83. The molecule has 26 heavy (non-hydrogen) atoms. The minimum absolute atomic E-state index is 0.0155. The van der Waals surface area contributed by atoms with Gasteiger partial charge < -0.3 is 15.0 Å². The molecule has 0 spiro atoms. The predicted octanol–water partition coefficient (Wildman–Crippen LogP) is 1.47. The van der Waals surface area contributed by atoms with E-state index in [4.69, 9.17) is 0 Å². The number of hydrogen-bond donors (Lipinski definition) is 1. The monoisotopic (exact) mass is 366 g/mol. The van der Waals surface area contributed by atoms with E-state index in [-0.39, 0.29) is 24.6 Å². The molecule has 1 aliphatic heterocycles. The number of rotatable bonds is 7. The molecule has 1 aromatic rings. The normalized spacial score (nSPS) is 16.2. The number of nitro groups is 2. The van der Waals surface area contributed by atoms with Crippen LogP contribution in [0.2, 0.25) is 0 Å². The Kier molecular flexibility index (Phi) is 6.04. The van der Waals surface area contributed by atoms with Crippen LogP contribution in [0.4, 0.5) is 17.1 Å². The largest absolute Gasteiger partial charge is 0.467 e.